The van der Waals surface area contributed by atoms with Crippen LogP contribution < -0.4 is 0 Å². The number of esters is 1. The van der Waals surface area contributed by atoms with Gasteiger partial charge in [0, 0.05) is 23.5 Å². The number of allylic oxidation sites excluding steroid dienone is 1. The zero-order valence-electron chi connectivity index (χ0n) is 14.1. The molecule has 0 saturated carbocycles. The fraction of sp³-hybridized carbons (Fsp3) is 0.211. The predicted octanol–water partition coefficient (Wildman–Crippen LogP) is 3.94. The van der Waals surface area contributed by atoms with Gasteiger partial charge in [-0.1, -0.05) is 6.08 Å². The van der Waals surface area contributed by atoms with Crippen molar-refractivity contribution >= 4 is 33.3 Å². The van der Waals surface area contributed by atoms with Gasteiger partial charge in [-0.05, 0) is 38.1 Å². The lowest BCUT2D eigenvalue weighted by molar-refractivity contribution is 0.0474. The Balaban J connectivity index is 1.70. The molecular formula is C19H18N2O3S. The number of aromatic nitrogens is 2. The van der Waals surface area contributed by atoms with Crippen molar-refractivity contribution in [2.45, 2.75) is 20.4 Å². The fourth-order valence-electron chi connectivity index (χ4n) is 2.77. The van der Waals surface area contributed by atoms with Gasteiger partial charge in [0.25, 0.3) is 0 Å². The Hall–Kier alpha value is -2.73. The first-order valence-corrected chi connectivity index (χ1v) is 8.70. The van der Waals surface area contributed by atoms with Gasteiger partial charge < -0.3 is 9.30 Å². The second-order valence-corrected chi connectivity index (χ2v) is 6.60. The minimum absolute atomic E-state index is 0.212. The molecule has 128 valence electrons. The first-order chi connectivity index (χ1) is 12.0. The summed E-state index contributed by atoms with van der Waals surface area (Å²) in [6, 6.07) is 6.98. The van der Waals surface area contributed by atoms with Crippen LogP contribution in [0.4, 0.5) is 0 Å². The highest BCUT2D eigenvalue weighted by Gasteiger charge is 2.17. The van der Waals surface area contributed by atoms with E-state index in [1.165, 1.54) is 11.3 Å². The van der Waals surface area contributed by atoms with Crippen LogP contribution in [0, 0.1) is 13.8 Å². The summed E-state index contributed by atoms with van der Waals surface area (Å²) in [4.78, 5) is 28.8. The standard InChI is InChI=1S/C19H18N2O3S/c1-4-7-21-12(2)8-15(13(21)3)17(22)10-24-19(23)14-5-6-16-18(9-14)25-11-20-16/h4-6,8-9,11H,1,7,10H2,2-3H3. The molecule has 0 aliphatic carbocycles. The van der Waals surface area contributed by atoms with Crippen LogP contribution >= 0.6 is 11.3 Å². The minimum Gasteiger partial charge on any atom is -0.454 e. The summed E-state index contributed by atoms with van der Waals surface area (Å²) in [7, 11) is 0. The number of Topliss-reactive ketones (excluding diaryl/α,β-unsaturated/α-hetero) is 1. The van der Waals surface area contributed by atoms with E-state index in [-0.39, 0.29) is 12.4 Å². The van der Waals surface area contributed by atoms with Gasteiger partial charge in [0.1, 0.15) is 0 Å². The van der Waals surface area contributed by atoms with E-state index >= 15 is 0 Å². The highest BCUT2D eigenvalue weighted by Crippen LogP contribution is 2.20. The normalized spacial score (nSPS) is 10.8. The monoisotopic (exact) mass is 354 g/mol. The molecule has 2 heterocycles. The van der Waals surface area contributed by atoms with Crippen LogP contribution in [0.25, 0.3) is 10.2 Å². The molecule has 0 radical (unpaired) electrons. The number of aryl methyl sites for hydroxylation is 1. The molecule has 3 rings (SSSR count). The zero-order valence-corrected chi connectivity index (χ0v) is 14.9. The maximum Gasteiger partial charge on any atom is 0.338 e. The molecule has 0 atom stereocenters. The Morgan fingerprint density at radius 1 is 1.32 bits per heavy atom. The summed E-state index contributed by atoms with van der Waals surface area (Å²) in [6.07, 6.45) is 1.78. The molecule has 0 aliphatic heterocycles. The van der Waals surface area contributed by atoms with E-state index in [0.717, 1.165) is 21.6 Å². The van der Waals surface area contributed by atoms with Crippen LogP contribution in [0.1, 0.15) is 32.1 Å². The highest BCUT2D eigenvalue weighted by molar-refractivity contribution is 7.16. The van der Waals surface area contributed by atoms with E-state index in [1.54, 1.807) is 29.8 Å². The van der Waals surface area contributed by atoms with Crippen LogP contribution in [-0.4, -0.2) is 27.9 Å². The number of hydrogen-bond donors (Lipinski definition) is 0. The molecule has 0 unspecified atom stereocenters. The predicted molar refractivity (Wildman–Crippen MR) is 98.3 cm³/mol. The summed E-state index contributed by atoms with van der Waals surface area (Å²) < 4.78 is 8.11. The third-order valence-electron chi connectivity index (χ3n) is 4.09. The second kappa shape index (κ2) is 7.03. The summed E-state index contributed by atoms with van der Waals surface area (Å²) in [5.74, 6) is -0.723. The molecular weight excluding hydrogens is 336 g/mol. The second-order valence-electron chi connectivity index (χ2n) is 5.72. The van der Waals surface area contributed by atoms with Gasteiger partial charge in [-0.25, -0.2) is 9.78 Å². The molecule has 1 aromatic carbocycles. The van der Waals surface area contributed by atoms with Gasteiger partial charge >= 0.3 is 5.97 Å². The van der Waals surface area contributed by atoms with Gasteiger partial charge in [0.05, 0.1) is 21.3 Å². The van der Waals surface area contributed by atoms with Gasteiger partial charge in [0.2, 0.25) is 5.78 Å². The third-order valence-corrected chi connectivity index (χ3v) is 4.88. The zero-order chi connectivity index (χ0) is 18.0. The smallest absolute Gasteiger partial charge is 0.338 e. The van der Waals surface area contributed by atoms with Crippen molar-refractivity contribution in [1.29, 1.82) is 0 Å². The number of ketones is 1. The molecule has 0 spiro atoms. The number of benzene rings is 1. The molecule has 5 nitrogen and oxygen atoms in total. The summed E-state index contributed by atoms with van der Waals surface area (Å²) in [5, 5.41) is 0. The number of carbonyl (C=O) groups is 2. The van der Waals surface area contributed by atoms with Crippen molar-refractivity contribution in [2.75, 3.05) is 6.61 Å². The van der Waals surface area contributed by atoms with E-state index in [4.69, 9.17) is 4.74 Å². The SMILES string of the molecule is C=CCn1c(C)cc(C(=O)COC(=O)c2ccc3ncsc3c2)c1C. The van der Waals surface area contributed by atoms with Crippen molar-refractivity contribution in [3.63, 3.8) is 0 Å². The van der Waals surface area contributed by atoms with Gasteiger partial charge in [-0.2, -0.15) is 0 Å². The first kappa shape index (κ1) is 17.1. The van der Waals surface area contributed by atoms with Crippen molar-refractivity contribution in [1.82, 2.24) is 9.55 Å². The Labute approximate surface area is 149 Å². The number of hydrogen-bond acceptors (Lipinski definition) is 5. The van der Waals surface area contributed by atoms with Crippen LogP contribution in [0.15, 0.2) is 42.4 Å². The van der Waals surface area contributed by atoms with Crippen molar-refractivity contribution < 1.29 is 14.3 Å². The number of carbonyl (C=O) groups excluding carboxylic acids is 2. The molecule has 0 aliphatic rings. The molecule has 25 heavy (non-hydrogen) atoms. The average molecular weight is 354 g/mol. The Bertz CT molecular complexity index is 968. The quantitative estimate of drug-likeness (QED) is 0.382. The van der Waals surface area contributed by atoms with Crippen LogP contribution in [-0.2, 0) is 11.3 Å². The van der Waals surface area contributed by atoms with Crippen LogP contribution in [0.2, 0.25) is 0 Å². The molecule has 0 saturated heterocycles. The summed E-state index contributed by atoms with van der Waals surface area (Å²) >= 11 is 1.45. The summed E-state index contributed by atoms with van der Waals surface area (Å²) in [5.41, 5.74) is 5.38. The lowest BCUT2D eigenvalue weighted by Gasteiger charge is -2.07. The van der Waals surface area contributed by atoms with Gasteiger partial charge in [0.15, 0.2) is 6.61 Å². The lowest BCUT2D eigenvalue weighted by atomic mass is 10.1. The number of rotatable bonds is 6. The Morgan fingerprint density at radius 2 is 2.12 bits per heavy atom. The lowest BCUT2D eigenvalue weighted by Crippen LogP contribution is -2.15. The average Bonchev–Trinajstić information content (AvgIpc) is 3.18. The Morgan fingerprint density at radius 3 is 2.88 bits per heavy atom. The van der Waals surface area contributed by atoms with Gasteiger partial charge in [-0.3, -0.25) is 4.79 Å². The molecule has 0 N–H and O–H groups in total. The Kier molecular flexibility index (Phi) is 4.81. The van der Waals surface area contributed by atoms with Crippen molar-refractivity contribution in [3.8, 4) is 0 Å². The molecule has 0 fully saturated rings. The molecule has 2 aromatic heterocycles. The van der Waals surface area contributed by atoms with Crippen LogP contribution in [0.3, 0.4) is 0 Å². The highest BCUT2D eigenvalue weighted by atomic mass is 32.1. The van der Waals surface area contributed by atoms with Crippen molar-refractivity contribution in [2.24, 2.45) is 0 Å². The van der Waals surface area contributed by atoms with E-state index < -0.39 is 5.97 Å². The van der Waals surface area contributed by atoms with E-state index in [2.05, 4.69) is 11.6 Å². The topological polar surface area (TPSA) is 61.2 Å². The number of fused-ring (bicyclic) bond motifs is 1. The largest absolute Gasteiger partial charge is 0.454 e. The van der Waals surface area contributed by atoms with E-state index in [1.807, 2.05) is 24.5 Å². The first-order valence-electron chi connectivity index (χ1n) is 7.82. The maximum absolute atomic E-state index is 12.4. The number of nitrogens with zero attached hydrogens (tertiary/aromatic N) is 2. The number of ether oxygens (including phenoxy) is 1. The van der Waals surface area contributed by atoms with E-state index in [9.17, 15) is 9.59 Å². The molecule has 0 amide bonds. The maximum atomic E-state index is 12.4. The molecule has 3 aromatic rings. The minimum atomic E-state index is -0.511. The van der Waals surface area contributed by atoms with Crippen LogP contribution in [0.5, 0.6) is 0 Å². The van der Waals surface area contributed by atoms with Gasteiger partial charge in [-0.15, -0.1) is 17.9 Å². The molecule has 6 heteroatoms. The molecule has 0 bridgehead atoms. The fourth-order valence-corrected chi connectivity index (χ4v) is 3.48. The van der Waals surface area contributed by atoms with E-state index in [0.29, 0.717) is 17.7 Å². The summed E-state index contributed by atoms with van der Waals surface area (Å²) in [6.45, 7) is 7.90. The third kappa shape index (κ3) is 3.39. The van der Waals surface area contributed by atoms with Crippen molar-refractivity contribution in [3.05, 3.63) is 64.9 Å². The number of thiazole rings is 1.